The van der Waals surface area contributed by atoms with Gasteiger partial charge in [-0.1, -0.05) is 23.8 Å². The quantitative estimate of drug-likeness (QED) is 0.491. The molecular formula is C7H10P2. The Morgan fingerprint density at radius 3 is 2.22 bits per heavy atom. The molecule has 0 heterocycles. The maximum atomic E-state index is 2.70. The van der Waals surface area contributed by atoms with E-state index in [0.717, 1.165) is 0 Å². The van der Waals surface area contributed by atoms with Crippen LogP contribution >= 0.6 is 18.5 Å². The minimum absolute atomic E-state index is 1.26. The molecule has 0 aliphatic carbocycles. The van der Waals surface area contributed by atoms with Crippen molar-refractivity contribution in [1.29, 1.82) is 0 Å². The highest BCUT2D eigenvalue weighted by atomic mass is 31.0. The molecule has 0 aliphatic heterocycles. The first kappa shape index (κ1) is 7.19. The van der Waals surface area contributed by atoms with E-state index in [0.29, 0.717) is 0 Å². The van der Waals surface area contributed by atoms with Crippen LogP contribution in [0.3, 0.4) is 0 Å². The third-order valence-corrected chi connectivity index (χ3v) is 2.60. The first-order valence-corrected chi connectivity index (χ1v) is 3.97. The average molecular weight is 156 g/mol. The lowest BCUT2D eigenvalue weighted by Crippen LogP contribution is -2.09. The maximum absolute atomic E-state index is 2.70. The van der Waals surface area contributed by atoms with Crippen molar-refractivity contribution >= 4 is 29.1 Å². The van der Waals surface area contributed by atoms with Gasteiger partial charge in [0.25, 0.3) is 0 Å². The summed E-state index contributed by atoms with van der Waals surface area (Å²) in [6.45, 7) is 2.09. The van der Waals surface area contributed by atoms with Crippen molar-refractivity contribution < 1.29 is 0 Å². The highest BCUT2D eigenvalue weighted by Crippen LogP contribution is 1.97. The van der Waals surface area contributed by atoms with E-state index >= 15 is 0 Å². The van der Waals surface area contributed by atoms with E-state index in [1.807, 2.05) is 0 Å². The zero-order valence-electron chi connectivity index (χ0n) is 5.39. The van der Waals surface area contributed by atoms with Gasteiger partial charge in [0.15, 0.2) is 0 Å². The summed E-state index contributed by atoms with van der Waals surface area (Å²) in [5, 5.41) is 2.52. The van der Waals surface area contributed by atoms with E-state index in [2.05, 4.69) is 43.6 Å². The Labute approximate surface area is 60.5 Å². The van der Waals surface area contributed by atoms with Crippen molar-refractivity contribution in [2.45, 2.75) is 6.92 Å². The van der Waals surface area contributed by atoms with E-state index in [-0.39, 0.29) is 0 Å². The fourth-order valence-electron chi connectivity index (χ4n) is 0.694. The number of benzene rings is 1. The molecule has 0 radical (unpaired) electrons. The molecule has 0 aliphatic rings. The highest BCUT2D eigenvalue weighted by molar-refractivity contribution is 7.35. The zero-order chi connectivity index (χ0) is 6.85. The molecule has 2 unspecified atom stereocenters. The van der Waals surface area contributed by atoms with Gasteiger partial charge in [0, 0.05) is 0 Å². The molecule has 0 spiro atoms. The molecule has 1 aromatic rings. The van der Waals surface area contributed by atoms with Gasteiger partial charge in [-0.15, -0.1) is 18.5 Å². The Hall–Kier alpha value is 0.0800. The molecule has 0 N–H and O–H groups in total. The summed E-state index contributed by atoms with van der Waals surface area (Å²) < 4.78 is 0. The molecule has 48 valence electrons. The molecule has 0 bridgehead atoms. The predicted octanol–water partition coefficient (Wildman–Crippen LogP) is 0.996. The van der Waals surface area contributed by atoms with Crippen LogP contribution in [0.25, 0.3) is 0 Å². The van der Waals surface area contributed by atoms with Gasteiger partial charge in [0.2, 0.25) is 0 Å². The summed E-state index contributed by atoms with van der Waals surface area (Å²) in [6, 6.07) is 6.35. The van der Waals surface area contributed by atoms with Gasteiger partial charge in [-0.2, -0.15) is 0 Å². The van der Waals surface area contributed by atoms with Crippen LogP contribution in [0.1, 0.15) is 5.56 Å². The van der Waals surface area contributed by atoms with Crippen LogP contribution in [0.5, 0.6) is 0 Å². The van der Waals surface area contributed by atoms with Crippen LogP contribution in [0.15, 0.2) is 18.2 Å². The summed E-state index contributed by atoms with van der Waals surface area (Å²) >= 11 is 0. The summed E-state index contributed by atoms with van der Waals surface area (Å²) in [5.74, 6) is 0. The van der Waals surface area contributed by atoms with Crippen LogP contribution in [-0.2, 0) is 0 Å². The predicted molar refractivity (Wildman–Crippen MR) is 49.9 cm³/mol. The molecular weight excluding hydrogens is 146 g/mol. The van der Waals surface area contributed by atoms with Crippen LogP contribution in [0.2, 0.25) is 0 Å². The van der Waals surface area contributed by atoms with E-state index in [1.165, 1.54) is 16.2 Å². The Kier molecular flexibility index (Phi) is 2.22. The monoisotopic (exact) mass is 156 g/mol. The summed E-state index contributed by atoms with van der Waals surface area (Å²) in [5.41, 5.74) is 1.31. The largest absolute Gasteiger partial charge is 0.105 e. The maximum Gasteiger partial charge on any atom is -0.0229 e. The minimum atomic E-state index is 1.26. The van der Waals surface area contributed by atoms with Gasteiger partial charge in [0.05, 0.1) is 0 Å². The van der Waals surface area contributed by atoms with Crippen molar-refractivity contribution in [2.24, 2.45) is 0 Å². The van der Waals surface area contributed by atoms with Gasteiger partial charge in [-0.3, -0.25) is 0 Å². The van der Waals surface area contributed by atoms with E-state index in [1.54, 1.807) is 0 Å². The third kappa shape index (κ3) is 1.75. The molecule has 0 amide bonds. The second kappa shape index (κ2) is 2.78. The van der Waals surface area contributed by atoms with E-state index in [4.69, 9.17) is 0 Å². The molecule has 9 heavy (non-hydrogen) atoms. The Morgan fingerprint density at radius 1 is 1.11 bits per heavy atom. The first-order valence-electron chi connectivity index (χ1n) is 2.82. The van der Waals surface area contributed by atoms with Crippen LogP contribution in [0, 0.1) is 6.92 Å². The van der Waals surface area contributed by atoms with E-state index in [9.17, 15) is 0 Å². The number of aryl methyl sites for hydroxylation is 1. The molecule has 0 fully saturated rings. The number of hydrogen-bond donors (Lipinski definition) is 0. The summed E-state index contributed by atoms with van der Waals surface area (Å²) in [7, 11) is 5.39. The first-order chi connectivity index (χ1) is 4.20. The molecule has 1 rings (SSSR count). The molecule has 0 saturated carbocycles. The lowest BCUT2D eigenvalue weighted by atomic mass is 10.2. The van der Waals surface area contributed by atoms with Crippen molar-refractivity contribution in [1.82, 2.24) is 0 Å². The summed E-state index contributed by atoms with van der Waals surface area (Å²) in [6.07, 6.45) is 0. The van der Waals surface area contributed by atoms with Gasteiger partial charge in [0.1, 0.15) is 0 Å². The van der Waals surface area contributed by atoms with Crippen LogP contribution < -0.4 is 10.6 Å². The standard InChI is InChI=1S/C7H10P2/c1-5-2-3-6(8)7(9)4-5/h2-4H,8-9H2,1H3. The van der Waals surface area contributed by atoms with Crippen molar-refractivity contribution in [3.05, 3.63) is 23.8 Å². The fraction of sp³-hybridized carbons (Fsp3) is 0.143. The number of hydrogen-bond acceptors (Lipinski definition) is 0. The molecule has 1 aromatic carbocycles. The van der Waals surface area contributed by atoms with Crippen molar-refractivity contribution in [2.75, 3.05) is 0 Å². The SMILES string of the molecule is Cc1ccc(P)c(P)c1. The minimum Gasteiger partial charge on any atom is -0.105 e. The van der Waals surface area contributed by atoms with Crippen LogP contribution in [-0.4, -0.2) is 0 Å². The molecule has 0 aromatic heterocycles. The topological polar surface area (TPSA) is 0 Å². The Balaban J connectivity index is 3.17. The second-order valence-corrected chi connectivity index (χ2v) is 3.38. The normalized spacial score (nSPS) is 9.67. The van der Waals surface area contributed by atoms with Gasteiger partial charge in [-0.05, 0) is 17.5 Å². The van der Waals surface area contributed by atoms with Crippen LogP contribution in [0.4, 0.5) is 0 Å². The molecule has 0 nitrogen and oxygen atoms in total. The highest BCUT2D eigenvalue weighted by Gasteiger charge is 1.89. The van der Waals surface area contributed by atoms with Crippen molar-refractivity contribution in [3.63, 3.8) is 0 Å². The second-order valence-electron chi connectivity index (χ2n) is 2.13. The molecule has 0 saturated heterocycles. The molecule has 2 heteroatoms. The lowest BCUT2D eigenvalue weighted by Gasteiger charge is -1.98. The van der Waals surface area contributed by atoms with Gasteiger partial charge >= 0.3 is 0 Å². The average Bonchev–Trinajstić information content (AvgIpc) is 1.80. The fourth-order valence-corrected chi connectivity index (χ4v) is 1.23. The zero-order valence-corrected chi connectivity index (χ0v) is 7.70. The Bertz CT molecular complexity index is 218. The number of rotatable bonds is 0. The molecule has 2 atom stereocenters. The van der Waals surface area contributed by atoms with E-state index < -0.39 is 0 Å². The van der Waals surface area contributed by atoms with Gasteiger partial charge in [-0.25, -0.2) is 0 Å². The van der Waals surface area contributed by atoms with Crippen molar-refractivity contribution in [3.8, 4) is 0 Å². The smallest absolute Gasteiger partial charge is 0.0229 e. The lowest BCUT2D eigenvalue weighted by molar-refractivity contribution is 1.51. The summed E-state index contributed by atoms with van der Waals surface area (Å²) in [4.78, 5) is 0. The third-order valence-electron chi connectivity index (χ3n) is 1.24. The van der Waals surface area contributed by atoms with Gasteiger partial charge < -0.3 is 0 Å². The Morgan fingerprint density at radius 2 is 1.78 bits per heavy atom.